The van der Waals surface area contributed by atoms with Crippen LogP contribution >= 0.6 is 0 Å². The number of ketones is 1. The molecule has 3 heteroatoms. The highest BCUT2D eigenvalue weighted by Crippen LogP contribution is 2.44. The molecule has 0 aromatic heterocycles. The Morgan fingerprint density at radius 1 is 0.462 bits per heavy atom. The molecule has 0 aliphatic carbocycles. The molecule has 5 rings (SSSR count). The number of benzene rings is 5. The van der Waals surface area contributed by atoms with Gasteiger partial charge in [-0.3, -0.25) is 4.79 Å². The molecule has 0 unspecified atom stereocenters. The lowest BCUT2D eigenvalue weighted by Crippen LogP contribution is -2.16. The lowest BCUT2D eigenvalue weighted by Gasteiger charge is -2.32. The van der Waals surface area contributed by atoms with Gasteiger partial charge in [-0.25, -0.2) is 0 Å². The van der Waals surface area contributed by atoms with Gasteiger partial charge in [0, 0.05) is 39.7 Å². The van der Waals surface area contributed by atoms with E-state index in [1.165, 1.54) is 0 Å². The maximum atomic E-state index is 13.0. The first-order valence-corrected chi connectivity index (χ1v) is 13.3. The smallest absolute Gasteiger partial charge is 0.159 e. The van der Waals surface area contributed by atoms with E-state index >= 15 is 0 Å². The van der Waals surface area contributed by atoms with Crippen LogP contribution in [0.5, 0.6) is 0 Å². The van der Waals surface area contributed by atoms with Crippen LogP contribution in [0.2, 0.25) is 0 Å². The highest BCUT2D eigenvalue weighted by molar-refractivity contribution is 5.98. The number of hydrogen-bond donors (Lipinski definition) is 0. The van der Waals surface area contributed by atoms with Crippen molar-refractivity contribution in [1.29, 1.82) is 0 Å². The number of nitrogens with zero attached hydrogens (tertiary/aromatic N) is 2. The average Bonchev–Trinajstić information content (AvgIpc) is 2.93. The van der Waals surface area contributed by atoms with E-state index in [-0.39, 0.29) is 5.78 Å². The number of carbonyl (C=O) groups excluding carboxylic acids is 1. The Bertz CT molecular complexity index is 1450. The summed E-state index contributed by atoms with van der Waals surface area (Å²) in [5.74, 6) is 0.0298. The van der Waals surface area contributed by atoms with E-state index in [4.69, 9.17) is 0 Å². The van der Waals surface area contributed by atoms with Crippen LogP contribution in [-0.2, 0) is 0 Å². The summed E-state index contributed by atoms with van der Waals surface area (Å²) in [6.07, 6.45) is 0. The Morgan fingerprint density at radius 3 is 1.00 bits per heavy atom. The van der Waals surface area contributed by atoms with E-state index in [0.717, 1.165) is 56.4 Å². The van der Waals surface area contributed by atoms with Crippen molar-refractivity contribution in [1.82, 2.24) is 0 Å². The first-order valence-electron chi connectivity index (χ1n) is 13.3. The van der Waals surface area contributed by atoms with Gasteiger partial charge in [0.1, 0.15) is 0 Å². The first kappa shape index (κ1) is 26.0. The molecule has 0 N–H and O–H groups in total. The first-order chi connectivity index (χ1) is 18.8. The van der Waals surface area contributed by atoms with E-state index in [0.29, 0.717) is 5.56 Å². The Labute approximate surface area is 232 Å². The fraction of sp³-hybridized carbons (Fsp3) is 0.139. The monoisotopic (exact) mass is 510 g/mol. The van der Waals surface area contributed by atoms with Crippen molar-refractivity contribution in [2.75, 3.05) is 9.80 Å². The van der Waals surface area contributed by atoms with Crippen molar-refractivity contribution in [3.8, 4) is 0 Å². The second-order valence-corrected chi connectivity index (χ2v) is 10.1. The van der Waals surface area contributed by atoms with Crippen molar-refractivity contribution in [2.24, 2.45) is 0 Å². The Balaban J connectivity index is 1.83. The zero-order chi connectivity index (χ0) is 27.5. The zero-order valence-electron chi connectivity index (χ0n) is 23.3. The number of carbonyl (C=O) groups is 1. The molecular formula is C36H34N2O. The quantitative estimate of drug-likeness (QED) is 0.204. The summed E-state index contributed by atoms with van der Waals surface area (Å²) in [5.41, 5.74) is 11.5. The van der Waals surface area contributed by atoms with Crippen LogP contribution in [0.4, 0.5) is 34.1 Å². The van der Waals surface area contributed by atoms with Crippen LogP contribution in [0.1, 0.15) is 39.5 Å². The normalized spacial score (nSPS) is 10.8. The standard InChI is InChI=1S/C36H34N2O/c1-25-14-6-10-18-33(25)37(34-19-11-7-15-26(34)2)31-22-30(29(5)39)23-32(24-31)38(35-20-12-8-16-27(35)3)36-21-13-9-17-28(36)4/h6-24H,1-5H3. The summed E-state index contributed by atoms with van der Waals surface area (Å²) < 4.78 is 0. The topological polar surface area (TPSA) is 23.6 Å². The Morgan fingerprint density at radius 2 is 0.744 bits per heavy atom. The summed E-state index contributed by atoms with van der Waals surface area (Å²) in [5, 5.41) is 0. The summed E-state index contributed by atoms with van der Waals surface area (Å²) >= 11 is 0. The molecule has 5 aromatic rings. The van der Waals surface area contributed by atoms with E-state index < -0.39 is 0 Å². The molecule has 5 aromatic carbocycles. The molecule has 0 fully saturated rings. The number of para-hydroxylation sites is 4. The van der Waals surface area contributed by atoms with Gasteiger partial charge in [0.15, 0.2) is 5.78 Å². The number of rotatable bonds is 7. The van der Waals surface area contributed by atoms with E-state index in [1.54, 1.807) is 6.92 Å². The molecule has 0 atom stereocenters. The fourth-order valence-electron chi connectivity index (χ4n) is 5.13. The summed E-state index contributed by atoms with van der Waals surface area (Å²) in [6.45, 7) is 10.2. The predicted molar refractivity (Wildman–Crippen MR) is 165 cm³/mol. The number of aryl methyl sites for hydroxylation is 4. The molecule has 0 saturated carbocycles. The van der Waals surface area contributed by atoms with Gasteiger partial charge in [0.2, 0.25) is 0 Å². The average molecular weight is 511 g/mol. The Kier molecular flexibility index (Phi) is 7.33. The molecule has 0 radical (unpaired) electrons. The molecule has 0 bridgehead atoms. The highest BCUT2D eigenvalue weighted by atomic mass is 16.1. The summed E-state index contributed by atoms with van der Waals surface area (Å²) in [6, 6.07) is 39.8. The van der Waals surface area contributed by atoms with Crippen LogP contribution < -0.4 is 9.80 Å². The second-order valence-electron chi connectivity index (χ2n) is 10.1. The van der Waals surface area contributed by atoms with E-state index in [1.807, 2.05) is 12.1 Å². The van der Waals surface area contributed by atoms with Gasteiger partial charge in [0.05, 0.1) is 0 Å². The van der Waals surface area contributed by atoms with Crippen molar-refractivity contribution >= 4 is 39.9 Å². The van der Waals surface area contributed by atoms with Crippen molar-refractivity contribution in [3.63, 3.8) is 0 Å². The third kappa shape index (κ3) is 5.21. The molecule has 0 heterocycles. The molecular weight excluding hydrogens is 476 g/mol. The molecule has 0 amide bonds. The molecule has 39 heavy (non-hydrogen) atoms. The Hall–Kier alpha value is -4.63. The molecule has 0 spiro atoms. The van der Waals surface area contributed by atoms with Gasteiger partial charge < -0.3 is 9.80 Å². The van der Waals surface area contributed by atoms with Crippen LogP contribution in [0.3, 0.4) is 0 Å². The minimum Gasteiger partial charge on any atom is -0.310 e. The number of hydrogen-bond acceptors (Lipinski definition) is 3. The maximum Gasteiger partial charge on any atom is 0.159 e. The minimum atomic E-state index is 0.0298. The maximum absolute atomic E-state index is 13.0. The number of anilines is 6. The van der Waals surface area contributed by atoms with E-state index in [2.05, 4.69) is 141 Å². The lowest BCUT2D eigenvalue weighted by atomic mass is 10.0. The largest absolute Gasteiger partial charge is 0.310 e. The van der Waals surface area contributed by atoms with Gasteiger partial charge in [-0.05, 0) is 99.3 Å². The van der Waals surface area contributed by atoms with Crippen LogP contribution in [0, 0.1) is 27.7 Å². The molecule has 0 saturated heterocycles. The second kappa shape index (κ2) is 11.0. The van der Waals surface area contributed by atoms with Gasteiger partial charge >= 0.3 is 0 Å². The molecule has 3 nitrogen and oxygen atoms in total. The SMILES string of the molecule is CC(=O)c1cc(N(c2ccccc2C)c2ccccc2C)cc(N(c2ccccc2C)c2ccccc2C)c1. The van der Waals surface area contributed by atoms with Crippen molar-refractivity contribution in [3.05, 3.63) is 143 Å². The van der Waals surface area contributed by atoms with Crippen LogP contribution in [-0.4, -0.2) is 5.78 Å². The molecule has 194 valence electrons. The van der Waals surface area contributed by atoms with E-state index in [9.17, 15) is 4.79 Å². The van der Waals surface area contributed by atoms with Gasteiger partial charge in [-0.15, -0.1) is 0 Å². The fourth-order valence-corrected chi connectivity index (χ4v) is 5.13. The molecule has 0 aliphatic rings. The van der Waals surface area contributed by atoms with Crippen molar-refractivity contribution < 1.29 is 4.79 Å². The van der Waals surface area contributed by atoms with Crippen LogP contribution in [0.25, 0.3) is 0 Å². The van der Waals surface area contributed by atoms with Crippen molar-refractivity contribution in [2.45, 2.75) is 34.6 Å². The molecule has 0 aliphatic heterocycles. The number of Topliss-reactive ketones (excluding diaryl/α,β-unsaturated/α-hetero) is 1. The van der Waals surface area contributed by atoms with Gasteiger partial charge in [0.25, 0.3) is 0 Å². The van der Waals surface area contributed by atoms with Gasteiger partial charge in [-0.1, -0.05) is 72.8 Å². The third-order valence-corrected chi connectivity index (χ3v) is 7.25. The predicted octanol–water partition coefficient (Wildman–Crippen LogP) is 10.1. The lowest BCUT2D eigenvalue weighted by molar-refractivity contribution is 0.101. The summed E-state index contributed by atoms with van der Waals surface area (Å²) in [7, 11) is 0. The van der Waals surface area contributed by atoms with Crippen LogP contribution in [0.15, 0.2) is 115 Å². The van der Waals surface area contributed by atoms with Gasteiger partial charge in [-0.2, -0.15) is 0 Å². The highest BCUT2D eigenvalue weighted by Gasteiger charge is 2.22. The zero-order valence-corrected chi connectivity index (χ0v) is 23.3. The minimum absolute atomic E-state index is 0.0298. The summed E-state index contributed by atoms with van der Waals surface area (Å²) in [4.78, 5) is 17.5. The third-order valence-electron chi connectivity index (χ3n) is 7.25.